The van der Waals surface area contributed by atoms with Gasteiger partial charge in [-0.25, -0.2) is 0 Å². The van der Waals surface area contributed by atoms with Crippen LogP contribution in [0.15, 0.2) is 22.8 Å². The molecule has 0 atom stereocenters. The van der Waals surface area contributed by atoms with Gasteiger partial charge >= 0.3 is 0 Å². The molecule has 0 bridgehead atoms. The van der Waals surface area contributed by atoms with Gasteiger partial charge in [0.15, 0.2) is 0 Å². The third kappa shape index (κ3) is 1.62. The van der Waals surface area contributed by atoms with E-state index in [4.69, 9.17) is 4.42 Å². The van der Waals surface area contributed by atoms with E-state index >= 15 is 0 Å². The van der Waals surface area contributed by atoms with Crippen molar-refractivity contribution < 1.29 is 9.21 Å². The molecule has 1 amide bonds. The monoisotopic (exact) mass is 236 g/mol. The number of piperazine rings is 1. The number of amides is 1. The first-order valence-corrected chi connectivity index (χ1v) is 6.13. The number of hydrogen-bond donors (Lipinski definition) is 1. The smallest absolute Gasteiger partial charge is 0.264 e. The number of fused-ring (bicyclic) bond motifs is 1. The maximum atomic E-state index is 12.1. The van der Waals surface area contributed by atoms with Crippen LogP contribution < -0.4 is 5.32 Å². The molecular weight excluding hydrogens is 224 g/mol. The third-order valence-corrected chi connectivity index (χ3v) is 3.82. The van der Waals surface area contributed by atoms with E-state index in [0.717, 1.165) is 41.3 Å². The van der Waals surface area contributed by atoms with Gasteiger partial charge in [-0.15, -0.1) is 11.3 Å². The van der Waals surface area contributed by atoms with E-state index in [9.17, 15) is 4.79 Å². The van der Waals surface area contributed by atoms with Crippen molar-refractivity contribution in [2.24, 2.45) is 0 Å². The number of rotatable bonds is 1. The molecule has 1 fully saturated rings. The van der Waals surface area contributed by atoms with E-state index in [1.54, 1.807) is 6.26 Å². The van der Waals surface area contributed by atoms with Crippen molar-refractivity contribution in [2.45, 2.75) is 0 Å². The molecule has 1 saturated heterocycles. The number of nitrogens with zero attached hydrogens (tertiary/aromatic N) is 1. The normalized spacial score (nSPS) is 16.9. The lowest BCUT2D eigenvalue weighted by Crippen LogP contribution is -2.46. The van der Waals surface area contributed by atoms with Crippen LogP contribution in [0.4, 0.5) is 0 Å². The summed E-state index contributed by atoms with van der Waals surface area (Å²) in [6.45, 7) is 3.34. The van der Waals surface area contributed by atoms with E-state index in [0.29, 0.717) is 0 Å². The quantitative estimate of drug-likeness (QED) is 0.817. The molecule has 84 valence electrons. The molecule has 2 aromatic rings. The summed E-state index contributed by atoms with van der Waals surface area (Å²) in [7, 11) is 0. The highest BCUT2D eigenvalue weighted by molar-refractivity contribution is 7.20. The summed E-state index contributed by atoms with van der Waals surface area (Å²) in [5.74, 6) is 0.123. The van der Waals surface area contributed by atoms with Crippen LogP contribution in [-0.4, -0.2) is 37.0 Å². The zero-order valence-corrected chi connectivity index (χ0v) is 9.55. The molecule has 0 radical (unpaired) electrons. The molecule has 0 saturated carbocycles. The molecule has 0 spiro atoms. The molecule has 0 aromatic carbocycles. The predicted octanol–water partition coefficient (Wildman–Crippen LogP) is 1.54. The lowest BCUT2D eigenvalue weighted by atomic mass is 10.3. The fourth-order valence-corrected chi connectivity index (χ4v) is 2.85. The molecule has 4 nitrogen and oxygen atoms in total. The van der Waals surface area contributed by atoms with Crippen molar-refractivity contribution in [1.82, 2.24) is 10.2 Å². The van der Waals surface area contributed by atoms with E-state index < -0.39 is 0 Å². The second-order valence-corrected chi connectivity index (χ2v) is 4.89. The second-order valence-electron chi connectivity index (χ2n) is 3.80. The number of thiophene rings is 1. The lowest BCUT2D eigenvalue weighted by molar-refractivity contribution is 0.0740. The largest absolute Gasteiger partial charge is 0.463 e. The fourth-order valence-electron chi connectivity index (χ4n) is 1.89. The average molecular weight is 236 g/mol. The minimum absolute atomic E-state index is 0.123. The Bertz CT molecular complexity index is 482. The molecule has 3 rings (SSSR count). The molecule has 16 heavy (non-hydrogen) atoms. The van der Waals surface area contributed by atoms with Crippen molar-refractivity contribution in [3.8, 4) is 0 Å². The van der Waals surface area contributed by atoms with Gasteiger partial charge in [0.2, 0.25) is 0 Å². The van der Waals surface area contributed by atoms with Crippen LogP contribution in [0.5, 0.6) is 0 Å². The van der Waals surface area contributed by atoms with Gasteiger partial charge in [-0.3, -0.25) is 4.79 Å². The van der Waals surface area contributed by atoms with E-state index in [1.165, 1.54) is 11.3 Å². The molecule has 1 N–H and O–H groups in total. The van der Waals surface area contributed by atoms with Crippen LogP contribution in [0, 0.1) is 0 Å². The number of nitrogens with one attached hydrogen (secondary N) is 1. The molecule has 3 heterocycles. The van der Waals surface area contributed by atoms with Crippen molar-refractivity contribution >= 4 is 27.5 Å². The van der Waals surface area contributed by atoms with Crippen LogP contribution in [0.3, 0.4) is 0 Å². The summed E-state index contributed by atoms with van der Waals surface area (Å²) in [6.07, 6.45) is 1.65. The van der Waals surface area contributed by atoms with Gasteiger partial charge < -0.3 is 14.6 Å². The van der Waals surface area contributed by atoms with Gasteiger partial charge in [0, 0.05) is 32.2 Å². The van der Waals surface area contributed by atoms with Crippen molar-refractivity contribution in [3.05, 3.63) is 23.3 Å². The summed E-state index contributed by atoms with van der Waals surface area (Å²) >= 11 is 1.50. The van der Waals surface area contributed by atoms with Crippen LogP contribution in [0.2, 0.25) is 0 Å². The first kappa shape index (κ1) is 9.86. The standard InChI is InChI=1S/C11H12N2O2S/c14-11(13-4-2-12-3-5-13)10-7-8-9(16-10)1-6-15-8/h1,6-7,12H,2-5H2. The van der Waals surface area contributed by atoms with E-state index in [1.807, 2.05) is 17.0 Å². The Balaban J connectivity index is 1.86. The average Bonchev–Trinajstić information content (AvgIpc) is 2.89. The van der Waals surface area contributed by atoms with Crippen molar-refractivity contribution in [1.29, 1.82) is 0 Å². The summed E-state index contributed by atoms with van der Waals surface area (Å²) in [6, 6.07) is 3.74. The van der Waals surface area contributed by atoms with Crippen LogP contribution in [0.25, 0.3) is 10.3 Å². The first-order valence-electron chi connectivity index (χ1n) is 5.31. The second kappa shape index (κ2) is 3.92. The van der Waals surface area contributed by atoms with Gasteiger partial charge in [-0.1, -0.05) is 0 Å². The Morgan fingerprint density at radius 2 is 2.25 bits per heavy atom. The first-order chi connectivity index (χ1) is 7.84. The minimum Gasteiger partial charge on any atom is -0.463 e. The summed E-state index contributed by atoms with van der Waals surface area (Å²) < 4.78 is 6.30. The Morgan fingerprint density at radius 3 is 3.00 bits per heavy atom. The number of furan rings is 1. The fraction of sp³-hybridized carbons (Fsp3) is 0.364. The van der Waals surface area contributed by atoms with Crippen molar-refractivity contribution in [2.75, 3.05) is 26.2 Å². The van der Waals surface area contributed by atoms with E-state index in [2.05, 4.69) is 5.32 Å². The van der Waals surface area contributed by atoms with E-state index in [-0.39, 0.29) is 5.91 Å². The van der Waals surface area contributed by atoms with Gasteiger partial charge in [0.05, 0.1) is 15.8 Å². The van der Waals surface area contributed by atoms with Gasteiger partial charge in [-0.05, 0) is 6.07 Å². The summed E-state index contributed by atoms with van der Waals surface area (Å²) in [5, 5.41) is 3.23. The molecule has 1 aliphatic rings. The Hall–Kier alpha value is -1.33. The van der Waals surface area contributed by atoms with Gasteiger partial charge in [0.1, 0.15) is 5.58 Å². The van der Waals surface area contributed by atoms with Crippen LogP contribution in [-0.2, 0) is 0 Å². The highest BCUT2D eigenvalue weighted by Crippen LogP contribution is 2.27. The van der Waals surface area contributed by atoms with Gasteiger partial charge in [-0.2, -0.15) is 0 Å². The molecule has 1 aliphatic heterocycles. The zero-order valence-electron chi connectivity index (χ0n) is 8.73. The third-order valence-electron chi connectivity index (χ3n) is 2.75. The number of carbonyl (C=O) groups excluding carboxylic acids is 1. The maximum Gasteiger partial charge on any atom is 0.264 e. The van der Waals surface area contributed by atoms with Crippen molar-refractivity contribution in [3.63, 3.8) is 0 Å². The SMILES string of the molecule is O=C(c1cc2occc2s1)N1CCNCC1. The predicted molar refractivity (Wildman–Crippen MR) is 62.9 cm³/mol. The highest BCUT2D eigenvalue weighted by Gasteiger charge is 2.20. The molecular formula is C11H12N2O2S. The highest BCUT2D eigenvalue weighted by atomic mass is 32.1. The summed E-state index contributed by atoms with van der Waals surface area (Å²) in [4.78, 5) is 14.8. The Morgan fingerprint density at radius 1 is 1.44 bits per heavy atom. The van der Waals surface area contributed by atoms with Crippen LogP contribution in [0.1, 0.15) is 9.67 Å². The number of carbonyl (C=O) groups is 1. The Kier molecular flexibility index (Phi) is 2.41. The van der Waals surface area contributed by atoms with Gasteiger partial charge in [0.25, 0.3) is 5.91 Å². The molecule has 0 aliphatic carbocycles. The Labute approximate surface area is 96.8 Å². The molecule has 2 aromatic heterocycles. The summed E-state index contributed by atoms with van der Waals surface area (Å²) in [5.41, 5.74) is 0.809. The van der Waals surface area contributed by atoms with Crippen LogP contribution >= 0.6 is 11.3 Å². The zero-order chi connectivity index (χ0) is 11.0. The number of hydrogen-bond acceptors (Lipinski definition) is 4. The molecule has 5 heteroatoms. The minimum atomic E-state index is 0.123. The topological polar surface area (TPSA) is 45.5 Å². The maximum absolute atomic E-state index is 12.1. The molecule has 0 unspecified atom stereocenters. The lowest BCUT2D eigenvalue weighted by Gasteiger charge is -2.26.